The molecule has 2 heterocycles. The first-order valence-corrected chi connectivity index (χ1v) is 17.9. The van der Waals surface area contributed by atoms with Gasteiger partial charge in [-0.25, -0.2) is 4.68 Å². The topological polar surface area (TPSA) is 107 Å². The van der Waals surface area contributed by atoms with E-state index in [1.165, 1.54) is 6.42 Å². The van der Waals surface area contributed by atoms with Gasteiger partial charge in [-0.3, -0.25) is 14.6 Å². The number of nitrogens with one attached hydrogen (secondary N) is 2. The highest BCUT2D eigenvalue weighted by Crippen LogP contribution is 2.61. The molecule has 0 radical (unpaired) electrons. The van der Waals surface area contributed by atoms with Crippen LogP contribution in [0.1, 0.15) is 39.2 Å². The molecular weight excluding hydrogens is 534 g/mol. The lowest BCUT2D eigenvalue weighted by atomic mass is 9.45. The van der Waals surface area contributed by atoms with Crippen molar-refractivity contribution in [1.82, 2.24) is 20.1 Å². The molecule has 0 saturated heterocycles. The summed E-state index contributed by atoms with van der Waals surface area (Å²) >= 11 is 6.64. The maximum atomic E-state index is 13.2. The van der Waals surface area contributed by atoms with Crippen molar-refractivity contribution >= 4 is 31.3 Å². The van der Waals surface area contributed by atoms with Gasteiger partial charge in [0.2, 0.25) is 5.91 Å². The van der Waals surface area contributed by atoms with E-state index in [-0.39, 0.29) is 36.2 Å². The minimum Gasteiger partial charge on any atom is -0.448 e. The van der Waals surface area contributed by atoms with Gasteiger partial charge >= 0.3 is 0 Å². The summed E-state index contributed by atoms with van der Waals surface area (Å²) in [5.41, 5.74) is 1.06. The molecule has 3 saturated carbocycles. The van der Waals surface area contributed by atoms with Crippen LogP contribution in [0.5, 0.6) is 5.88 Å². The van der Waals surface area contributed by atoms with Crippen molar-refractivity contribution in [1.29, 1.82) is 0 Å². The second-order valence-corrected chi connectivity index (χ2v) is 18.8. The number of fused-ring (bicyclic) bond motifs is 2. The fourth-order valence-corrected chi connectivity index (χ4v) is 6.80. The first kappa shape index (κ1) is 29.5. The molecule has 39 heavy (non-hydrogen) atoms. The number of halogens is 1. The summed E-state index contributed by atoms with van der Waals surface area (Å²) in [6.07, 6.45) is 5.55. The van der Waals surface area contributed by atoms with Gasteiger partial charge in [0, 0.05) is 39.7 Å². The number of amides is 1. The van der Waals surface area contributed by atoms with Crippen molar-refractivity contribution in [2.45, 2.75) is 78.4 Å². The number of anilines is 1. The van der Waals surface area contributed by atoms with Crippen LogP contribution in [-0.2, 0) is 22.6 Å². The van der Waals surface area contributed by atoms with Crippen LogP contribution in [0.25, 0.3) is 0 Å². The maximum Gasteiger partial charge on any atom is 0.288 e. The zero-order valence-corrected chi connectivity index (χ0v) is 25.7. The number of carbonyl (C=O) groups excluding carboxylic acids is 1. The van der Waals surface area contributed by atoms with Crippen molar-refractivity contribution in [3.63, 3.8) is 0 Å². The first-order chi connectivity index (χ1) is 18.4. The molecule has 0 unspecified atom stereocenters. The van der Waals surface area contributed by atoms with E-state index in [0.717, 1.165) is 22.7 Å². The minimum absolute atomic E-state index is 0.0204. The first-order valence-electron chi connectivity index (χ1n) is 13.8. The Labute approximate surface area is 237 Å². The highest BCUT2D eigenvalue weighted by Gasteiger charge is 2.56. The van der Waals surface area contributed by atoms with Gasteiger partial charge in [0.15, 0.2) is 6.79 Å². The number of carbonyl (C=O) groups is 1. The van der Waals surface area contributed by atoms with Gasteiger partial charge in [-0.05, 0) is 59.8 Å². The summed E-state index contributed by atoms with van der Waals surface area (Å²) < 4.78 is 12.7. The van der Waals surface area contributed by atoms with Gasteiger partial charge in [-0.15, -0.1) is 5.10 Å². The Kier molecular flexibility index (Phi) is 9.07. The van der Waals surface area contributed by atoms with Crippen LogP contribution < -0.4 is 20.9 Å². The normalized spacial score (nSPS) is 23.6. The van der Waals surface area contributed by atoms with Gasteiger partial charge in [-0.1, -0.05) is 52.0 Å². The maximum absolute atomic E-state index is 13.2. The molecule has 9 nitrogen and oxygen atoms in total. The van der Waals surface area contributed by atoms with Crippen LogP contribution in [0.15, 0.2) is 29.3 Å². The molecule has 3 aliphatic carbocycles. The number of rotatable bonds is 12. The van der Waals surface area contributed by atoms with Crippen molar-refractivity contribution in [3.05, 3.63) is 45.5 Å². The number of hydrogen-bond donors (Lipinski definition) is 2. The van der Waals surface area contributed by atoms with Gasteiger partial charge < -0.3 is 20.1 Å². The highest BCUT2D eigenvalue weighted by molar-refractivity contribution is 6.76. The summed E-state index contributed by atoms with van der Waals surface area (Å²) in [7, 11) is -1.25. The van der Waals surface area contributed by atoms with Crippen molar-refractivity contribution in [2.24, 2.45) is 23.2 Å². The molecule has 5 rings (SSSR count). The molecule has 0 spiro atoms. The standard InChI is InChI=1S/C28H42ClN5O4Si/c1-18-21-13-20(28(21,2)3)14-22(18)32-25-24(29)27(36)34(16-23(35)31-15-19-7-9-30-10-8-19)33-26(25)38-17-37-11-12-39(4,5)6/h7-10,18,20-22,32H,11-17H2,1-6H3,(H,31,35)/t18-,20-,21+,22-/m1/s1. The zero-order chi connectivity index (χ0) is 28.4. The third kappa shape index (κ3) is 7.02. The predicted octanol–water partition coefficient (Wildman–Crippen LogP) is 4.78. The Bertz CT molecular complexity index is 1220. The van der Waals surface area contributed by atoms with E-state index in [1.807, 2.05) is 12.1 Å². The van der Waals surface area contributed by atoms with Gasteiger partial charge in [0.05, 0.1) is 0 Å². The van der Waals surface area contributed by atoms with Crippen molar-refractivity contribution in [3.8, 4) is 5.88 Å². The average Bonchev–Trinajstić information content (AvgIpc) is 2.88. The average molecular weight is 576 g/mol. The largest absolute Gasteiger partial charge is 0.448 e. The van der Waals surface area contributed by atoms with Gasteiger partial charge in [-0.2, -0.15) is 0 Å². The van der Waals surface area contributed by atoms with Crippen LogP contribution in [0.3, 0.4) is 0 Å². The third-order valence-corrected chi connectivity index (χ3v) is 10.6. The molecule has 11 heteroatoms. The lowest BCUT2D eigenvalue weighted by Crippen LogP contribution is -2.58. The molecule has 2 aromatic rings. The quantitative estimate of drug-likeness (QED) is 0.213. The van der Waals surface area contributed by atoms with Crippen molar-refractivity contribution in [2.75, 3.05) is 18.7 Å². The van der Waals surface area contributed by atoms with Crippen LogP contribution in [0.2, 0.25) is 30.7 Å². The fraction of sp³-hybridized carbons (Fsp3) is 0.643. The van der Waals surface area contributed by atoms with E-state index in [1.54, 1.807) is 12.4 Å². The molecule has 1 amide bonds. The SMILES string of the molecule is C[C@H]1[C@H](Nc2c(OCOCC[Si](C)(C)C)nn(CC(=O)NCc3ccncc3)c(=O)c2Cl)C[C@H]2C[C@@H]1C2(C)C. The summed E-state index contributed by atoms with van der Waals surface area (Å²) in [5.74, 6) is 1.45. The third-order valence-electron chi connectivity index (χ3n) is 8.56. The molecule has 0 aromatic carbocycles. The van der Waals surface area contributed by atoms with Crippen LogP contribution in [-0.4, -0.2) is 48.2 Å². The lowest BCUT2D eigenvalue weighted by molar-refractivity contribution is -0.122. The molecule has 2 aromatic heterocycles. The Morgan fingerprint density at radius 2 is 1.95 bits per heavy atom. The van der Waals surface area contributed by atoms with E-state index >= 15 is 0 Å². The molecule has 214 valence electrons. The van der Waals surface area contributed by atoms with Crippen LogP contribution in [0.4, 0.5) is 5.69 Å². The van der Waals surface area contributed by atoms with E-state index in [2.05, 4.69) is 61.1 Å². The molecule has 2 N–H and O–H groups in total. The number of nitrogens with zero attached hydrogens (tertiary/aromatic N) is 3. The Balaban J connectivity index is 1.50. The predicted molar refractivity (Wildman–Crippen MR) is 156 cm³/mol. The monoisotopic (exact) mass is 575 g/mol. The number of pyridine rings is 1. The number of aromatic nitrogens is 3. The second-order valence-electron chi connectivity index (χ2n) is 12.8. The summed E-state index contributed by atoms with van der Waals surface area (Å²) in [6, 6.07) is 4.78. The fourth-order valence-electron chi connectivity index (χ4n) is 5.81. The second kappa shape index (κ2) is 12.0. The van der Waals surface area contributed by atoms with E-state index in [9.17, 15) is 9.59 Å². The Morgan fingerprint density at radius 3 is 2.59 bits per heavy atom. The van der Waals surface area contributed by atoms with E-state index < -0.39 is 13.6 Å². The number of hydrogen-bond acceptors (Lipinski definition) is 7. The van der Waals surface area contributed by atoms with E-state index in [4.69, 9.17) is 21.1 Å². The molecule has 3 aliphatic rings. The Hall–Kier alpha value is -2.43. The van der Waals surface area contributed by atoms with Gasteiger partial charge in [0.1, 0.15) is 17.3 Å². The van der Waals surface area contributed by atoms with Crippen LogP contribution in [0, 0.1) is 23.2 Å². The molecule has 0 aliphatic heterocycles. The van der Waals surface area contributed by atoms with Crippen molar-refractivity contribution < 1.29 is 14.3 Å². The zero-order valence-electron chi connectivity index (χ0n) is 23.9. The molecular formula is C28H42ClN5O4Si. The summed E-state index contributed by atoms with van der Waals surface area (Å²) in [5, 5.41) is 10.7. The smallest absolute Gasteiger partial charge is 0.288 e. The summed E-state index contributed by atoms with van der Waals surface area (Å²) in [4.78, 5) is 29.8. The molecule has 4 atom stereocenters. The summed E-state index contributed by atoms with van der Waals surface area (Å²) in [6.45, 7) is 14.4. The van der Waals surface area contributed by atoms with Gasteiger partial charge in [0.25, 0.3) is 11.4 Å². The highest BCUT2D eigenvalue weighted by atomic mass is 35.5. The molecule has 3 fully saturated rings. The Morgan fingerprint density at radius 1 is 1.23 bits per heavy atom. The molecule has 2 bridgehead atoms. The van der Waals surface area contributed by atoms with Crippen LogP contribution >= 0.6 is 11.6 Å². The minimum atomic E-state index is -1.25. The lowest BCUT2D eigenvalue weighted by Gasteiger charge is -2.62. The number of ether oxygens (including phenoxy) is 2. The van der Waals surface area contributed by atoms with E-state index in [0.29, 0.717) is 42.0 Å².